The maximum absolute atomic E-state index is 12.7. The molecule has 32 heavy (non-hydrogen) atoms. The van der Waals surface area contributed by atoms with Crippen LogP contribution in [0.2, 0.25) is 0 Å². The van der Waals surface area contributed by atoms with E-state index in [4.69, 9.17) is 0 Å². The van der Waals surface area contributed by atoms with Gasteiger partial charge in [0.2, 0.25) is 0 Å². The molecular weight excluding hydrogens is 392 g/mol. The maximum atomic E-state index is 12.7. The molecule has 0 saturated heterocycles. The second-order valence-corrected chi connectivity index (χ2v) is 14.6. The Morgan fingerprint density at radius 1 is 0.938 bits per heavy atom. The van der Waals surface area contributed by atoms with E-state index in [9.17, 15) is 9.90 Å². The molecule has 1 N–H and O–H groups in total. The summed E-state index contributed by atoms with van der Waals surface area (Å²) in [5, 5.41) is 10.5. The van der Waals surface area contributed by atoms with Gasteiger partial charge in [0.25, 0.3) is 0 Å². The minimum absolute atomic E-state index is 0.131. The normalized spacial score (nSPS) is 50.8. The number of carboxylic acid groups (broad SMARTS) is 1. The first-order valence-electron chi connectivity index (χ1n) is 13.3. The molecule has 0 heterocycles. The van der Waals surface area contributed by atoms with Crippen LogP contribution in [-0.2, 0) is 4.79 Å². The largest absolute Gasteiger partial charge is 0.481 e. The van der Waals surface area contributed by atoms with E-state index in [1.54, 1.807) is 5.57 Å². The third kappa shape index (κ3) is 2.67. The van der Waals surface area contributed by atoms with Crippen molar-refractivity contribution in [1.82, 2.24) is 0 Å². The second kappa shape index (κ2) is 6.54. The Kier molecular flexibility index (Phi) is 4.65. The van der Waals surface area contributed by atoms with E-state index in [2.05, 4.69) is 66.7 Å². The first kappa shape index (κ1) is 22.7. The molecule has 0 spiro atoms. The van der Waals surface area contributed by atoms with Crippen LogP contribution >= 0.6 is 0 Å². The molecular formula is C30H46O2. The molecule has 2 unspecified atom stereocenters. The molecule has 0 aromatic carbocycles. The van der Waals surface area contributed by atoms with Gasteiger partial charge in [-0.15, -0.1) is 0 Å². The van der Waals surface area contributed by atoms with Crippen LogP contribution < -0.4 is 0 Å². The van der Waals surface area contributed by atoms with Crippen LogP contribution in [0.15, 0.2) is 23.8 Å². The Bertz CT molecular complexity index is 893. The lowest BCUT2D eigenvalue weighted by molar-refractivity contribution is -0.177. The number of allylic oxidation sites excluding steroid dienone is 4. The zero-order chi connectivity index (χ0) is 23.4. The third-order valence-electron chi connectivity index (χ3n) is 12.3. The Labute approximate surface area is 196 Å². The Morgan fingerprint density at radius 3 is 2.31 bits per heavy atom. The predicted molar refractivity (Wildman–Crippen MR) is 131 cm³/mol. The van der Waals surface area contributed by atoms with Gasteiger partial charge in [-0.2, -0.15) is 0 Å². The van der Waals surface area contributed by atoms with Crippen molar-refractivity contribution in [3.05, 3.63) is 23.8 Å². The van der Waals surface area contributed by atoms with Crippen LogP contribution in [-0.4, -0.2) is 11.1 Å². The van der Waals surface area contributed by atoms with E-state index in [0.717, 1.165) is 44.4 Å². The van der Waals surface area contributed by atoms with Crippen LogP contribution in [0, 0.1) is 50.2 Å². The summed E-state index contributed by atoms with van der Waals surface area (Å²) in [6, 6.07) is 0. The van der Waals surface area contributed by atoms with E-state index < -0.39 is 11.4 Å². The predicted octanol–water partition coefficient (Wildman–Crippen LogP) is 8.04. The highest BCUT2D eigenvalue weighted by Crippen LogP contribution is 2.75. The molecule has 3 saturated carbocycles. The molecule has 2 heteroatoms. The molecule has 178 valence electrons. The van der Waals surface area contributed by atoms with Gasteiger partial charge in [-0.05, 0) is 103 Å². The molecule has 2 nitrogen and oxygen atoms in total. The summed E-state index contributed by atoms with van der Waals surface area (Å²) >= 11 is 0. The van der Waals surface area contributed by atoms with E-state index in [-0.39, 0.29) is 27.6 Å². The average molecular weight is 439 g/mol. The molecule has 3 fully saturated rings. The molecule has 5 aliphatic rings. The Morgan fingerprint density at radius 2 is 1.62 bits per heavy atom. The number of hydrogen-bond donors (Lipinski definition) is 1. The van der Waals surface area contributed by atoms with Crippen molar-refractivity contribution in [2.75, 3.05) is 0 Å². The fraction of sp³-hybridized carbons (Fsp3) is 0.833. The zero-order valence-corrected chi connectivity index (χ0v) is 21.7. The molecule has 0 aliphatic heterocycles. The van der Waals surface area contributed by atoms with Crippen LogP contribution in [0.5, 0.6) is 0 Å². The number of carbonyl (C=O) groups is 1. The van der Waals surface area contributed by atoms with Gasteiger partial charge in [0.05, 0.1) is 5.41 Å². The molecule has 5 aliphatic carbocycles. The van der Waals surface area contributed by atoms with Gasteiger partial charge in [-0.25, -0.2) is 0 Å². The lowest BCUT2D eigenvalue weighted by Gasteiger charge is -2.70. The number of rotatable bonds is 1. The van der Waals surface area contributed by atoms with Crippen LogP contribution in [0.4, 0.5) is 0 Å². The number of aliphatic carboxylic acids is 1. The Hall–Kier alpha value is -1.05. The smallest absolute Gasteiger partial charge is 0.310 e. The van der Waals surface area contributed by atoms with E-state index in [0.29, 0.717) is 11.3 Å². The van der Waals surface area contributed by atoms with Gasteiger partial charge in [-0.3, -0.25) is 4.79 Å². The minimum Gasteiger partial charge on any atom is -0.481 e. The summed E-state index contributed by atoms with van der Waals surface area (Å²) in [6.45, 7) is 17.4. The fourth-order valence-electron chi connectivity index (χ4n) is 10.2. The summed E-state index contributed by atoms with van der Waals surface area (Å²) in [7, 11) is 0. The van der Waals surface area contributed by atoms with E-state index in [1.807, 2.05) is 0 Å². The molecule has 0 aromatic rings. The highest BCUT2D eigenvalue weighted by molar-refractivity contribution is 5.76. The SMILES string of the molecule is CC1(C)CCC2(C(=O)O)CC[C@]3(C)C(=CC[C@@H]4[C@@]5(C)CC=CC(C)(C)[C@@H]5CC[C@]43C)C2C1. The zero-order valence-electron chi connectivity index (χ0n) is 21.7. The van der Waals surface area contributed by atoms with Crippen molar-refractivity contribution in [2.45, 2.75) is 106 Å². The maximum Gasteiger partial charge on any atom is 0.310 e. The number of carboxylic acids is 1. The fourth-order valence-corrected chi connectivity index (χ4v) is 10.2. The molecule has 7 atom stereocenters. The highest BCUT2D eigenvalue weighted by Gasteiger charge is 2.68. The van der Waals surface area contributed by atoms with Crippen LogP contribution in [0.3, 0.4) is 0 Å². The molecule has 0 bridgehead atoms. The van der Waals surface area contributed by atoms with Crippen molar-refractivity contribution in [1.29, 1.82) is 0 Å². The van der Waals surface area contributed by atoms with Gasteiger partial charge in [0.1, 0.15) is 0 Å². The van der Waals surface area contributed by atoms with Gasteiger partial charge in [0.15, 0.2) is 0 Å². The summed E-state index contributed by atoms with van der Waals surface area (Å²) in [4.78, 5) is 12.7. The van der Waals surface area contributed by atoms with Gasteiger partial charge < -0.3 is 5.11 Å². The van der Waals surface area contributed by atoms with Gasteiger partial charge in [0, 0.05) is 0 Å². The second-order valence-electron chi connectivity index (χ2n) is 14.6. The quantitative estimate of drug-likeness (QED) is 0.421. The van der Waals surface area contributed by atoms with E-state index in [1.165, 1.54) is 19.3 Å². The first-order chi connectivity index (χ1) is 14.7. The topological polar surface area (TPSA) is 37.3 Å². The monoisotopic (exact) mass is 438 g/mol. The third-order valence-corrected chi connectivity index (χ3v) is 12.3. The van der Waals surface area contributed by atoms with E-state index >= 15 is 0 Å². The highest BCUT2D eigenvalue weighted by atomic mass is 16.4. The summed E-state index contributed by atoms with van der Waals surface area (Å²) in [6.07, 6.45) is 17.4. The van der Waals surface area contributed by atoms with Gasteiger partial charge >= 0.3 is 5.97 Å². The van der Waals surface area contributed by atoms with Crippen molar-refractivity contribution in [3.8, 4) is 0 Å². The lowest BCUT2D eigenvalue weighted by Crippen LogP contribution is -2.63. The van der Waals surface area contributed by atoms with Crippen molar-refractivity contribution >= 4 is 5.97 Å². The first-order valence-corrected chi connectivity index (χ1v) is 13.3. The molecule has 0 aromatic heterocycles. The summed E-state index contributed by atoms with van der Waals surface area (Å²) < 4.78 is 0. The molecule has 0 amide bonds. The summed E-state index contributed by atoms with van der Waals surface area (Å²) in [5.41, 5.74) is 2.26. The summed E-state index contributed by atoms with van der Waals surface area (Å²) in [5.74, 6) is 1.11. The average Bonchev–Trinajstić information content (AvgIpc) is 2.67. The Balaban J connectivity index is 1.61. The number of fused-ring (bicyclic) bond motifs is 7. The van der Waals surface area contributed by atoms with Crippen molar-refractivity contribution in [2.24, 2.45) is 50.2 Å². The van der Waals surface area contributed by atoms with Crippen molar-refractivity contribution in [3.63, 3.8) is 0 Å². The molecule has 0 radical (unpaired) electrons. The number of hydrogen-bond acceptors (Lipinski definition) is 1. The van der Waals surface area contributed by atoms with Gasteiger partial charge in [-0.1, -0.05) is 72.3 Å². The lowest BCUT2D eigenvalue weighted by atomic mass is 9.34. The van der Waals surface area contributed by atoms with Crippen LogP contribution in [0.25, 0.3) is 0 Å². The van der Waals surface area contributed by atoms with Crippen LogP contribution in [0.1, 0.15) is 106 Å². The molecule has 5 rings (SSSR count). The standard InChI is InChI=1S/C30H46O2/c1-25(2)15-17-30(24(31)32)18-16-28(6)20(21(30)19-25)9-10-23-27(5)13-8-12-26(3,4)22(27)11-14-29(23,28)7/h8-9,12,21-23H,10-11,13-19H2,1-7H3,(H,31,32)/t21?,22-,23+,27-,28+,29+,30?/m0/s1. The minimum atomic E-state index is -0.527. The van der Waals surface area contributed by atoms with Crippen molar-refractivity contribution < 1.29 is 9.90 Å².